The molecule has 0 aliphatic carbocycles. The van der Waals surface area contributed by atoms with E-state index in [0.29, 0.717) is 12.2 Å². The second kappa shape index (κ2) is 2.93. The van der Waals surface area contributed by atoms with E-state index in [4.69, 9.17) is 0 Å². The molecule has 2 rings (SSSR count). The Kier molecular flexibility index (Phi) is 1.77. The smallest absolute Gasteiger partial charge is 0.250 e. The van der Waals surface area contributed by atoms with E-state index in [9.17, 15) is 4.79 Å². The van der Waals surface area contributed by atoms with Gasteiger partial charge in [-0.15, -0.1) is 0 Å². The molecule has 0 radical (unpaired) electrons. The summed E-state index contributed by atoms with van der Waals surface area (Å²) in [5.41, 5.74) is 0.774. The van der Waals surface area contributed by atoms with Gasteiger partial charge in [0.25, 0.3) is 5.78 Å². The molecule has 0 saturated heterocycles. The van der Waals surface area contributed by atoms with Gasteiger partial charge in [-0.3, -0.25) is 4.79 Å². The highest BCUT2D eigenvalue weighted by Gasteiger charge is 2.05. The van der Waals surface area contributed by atoms with E-state index in [-0.39, 0.29) is 5.78 Å². The summed E-state index contributed by atoms with van der Waals surface area (Å²) in [6.45, 7) is 1.54. The Morgan fingerprint density at radius 3 is 3.08 bits per heavy atom. The van der Waals surface area contributed by atoms with Gasteiger partial charge in [0, 0.05) is 0 Å². The summed E-state index contributed by atoms with van der Waals surface area (Å²) >= 11 is 0. The maximum atomic E-state index is 10.9. The zero-order chi connectivity index (χ0) is 9.26. The average Bonchev–Trinajstić information content (AvgIpc) is 2.48. The third-order valence-electron chi connectivity index (χ3n) is 1.66. The normalized spacial score (nSPS) is 10.5. The van der Waals surface area contributed by atoms with Crippen molar-refractivity contribution in [3.63, 3.8) is 0 Å². The van der Waals surface area contributed by atoms with Crippen LogP contribution in [0.2, 0.25) is 0 Å². The van der Waals surface area contributed by atoms with Crippen molar-refractivity contribution < 1.29 is 4.79 Å². The fraction of sp³-hybridized carbons (Fsp3) is 0.250. The standard InChI is InChI=1S/C8H8N4O/c1-6(13)4-7-5-10-8-9-2-3-11-12(7)8/h2-3,5H,4H2,1H3. The Balaban J connectivity index is 2.51. The van der Waals surface area contributed by atoms with Gasteiger partial charge in [-0.05, 0) is 6.92 Å². The Morgan fingerprint density at radius 2 is 2.31 bits per heavy atom. The first-order chi connectivity index (χ1) is 6.27. The first-order valence-electron chi connectivity index (χ1n) is 3.90. The highest BCUT2D eigenvalue weighted by atomic mass is 16.1. The molecular formula is C8H8N4O. The summed E-state index contributed by atoms with van der Waals surface area (Å²) in [6, 6.07) is 0. The molecule has 0 spiro atoms. The first-order valence-corrected chi connectivity index (χ1v) is 3.90. The summed E-state index contributed by atoms with van der Waals surface area (Å²) in [6.07, 6.45) is 5.11. The van der Waals surface area contributed by atoms with Gasteiger partial charge in [-0.2, -0.15) is 5.10 Å². The quantitative estimate of drug-likeness (QED) is 0.658. The number of fused-ring (bicyclic) bond motifs is 1. The van der Waals surface area contributed by atoms with Crippen LogP contribution in [0.4, 0.5) is 0 Å². The van der Waals surface area contributed by atoms with Crippen LogP contribution in [0.3, 0.4) is 0 Å². The molecule has 0 amide bonds. The van der Waals surface area contributed by atoms with Crippen molar-refractivity contribution in [1.82, 2.24) is 19.6 Å². The van der Waals surface area contributed by atoms with E-state index >= 15 is 0 Å². The highest BCUT2D eigenvalue weighted by Crippen LogP contribution is 2.01. The molecule has 66 valence electrons. The van der Waals surface area contributed by atoms with E-state index in [1.165, 1.54) is 6.92 Å². The summed E-state index contributed by atoms with van der Waals surface area (Å²) in [5.74, 6) is 0.617. The number of carbonyl (C=O) groups excluding carboxylic acids is 1. The van der Waals surface area contributed by atoms with Gasteiger partial charge in [0.1, 0.15) is 5.78 Å². The number of Topliss-reactive ketones (excluding diaryl/α,β-unsaturated/α-hetero) is 1. The van der Waals surface area contributed by atoms with Crippen molar-refractivity contribution in [1.29, 1.82) is 0 Å². The Bertz CT molecular complexity index is 448. The molecule has 2 heterocycles. The number of imidazole rings is 1. The molecule has 13 heavy (non-hydrogen) atoms. The van der Waals surface area contributed by atoms with Crippen molar-refractivity contribution in [3.8, 4) is 0 Å². The molecule has 0 atom stereocenters. The number of rotatable bonds is 2. The maximum absolute atomic E-state index is 10.9. The molecule has 0 saturated carbocycles. The Morgan fingerprint density at radius 1 is 1.46 bits per heavy atom. The number of hydrogen-bond donors (Lipinski definition) is 0. The lowest BCUT2D eigenvalue weighted by atomic mass is 10.2. The molecule has 5 nitrogen and oxygen atoms in total. The van der Waals surface area contributed by atoms with Gasteiger partial charge < -0.3 is 0 Å². The van der Waals surface area contributed by atoms with Gasteiger partial charge in [0.15, 0.2) is 0 Å². The molecule has 0 aromatic carbocycles. The third-order valence-corrected chi connectivity index (χ3v) is 1.66. The molecule has 0 aliphatic rings. The molecule has 0 bridgehead atoms. The third kappa shape index (κ3) is 1.40. The zero-order valence-electron chi connectivity index (χ0n) is 7.14. The summed E-state index contributed by atoms with van der Waals surface area (Å²) in [4.78, 5) is 18.9. The van der Waals surface area contributed by atoms with Gasteiger partial charge in [0.05, 0.1) is 30.7 Å². The second-order valence-electron chi connectivity index (χ2n) is 2.78. The summed E-state index contributed by atoms with van der Waals surface area (Å²) in [5, 5.41) is 4.03. The maximum Gasteiger partial charge on any atom is 0.250 e. The molecular weight excluding hydrogens is 168 g/mol. The van der Waals surface area contributed by atoms with Gasteiger partial charge in [-0.1, -0.05) is 0 Å². The van der Waals surface area contributed by atoms with E-state index in [0.717, 1.165) is 5.69 Å². The van der Waals surface area contributed by atoms with Crippen LogP contribution in [0.5, 0.6) is 0 Å². The lowest BCUT2D eigenvalue weighted by Crippen LogP contribution is -2.03. The van der Waals surface area contributed by atoms with Gasteiger partial charge in [0.2, 0.25) is 0 Å². The number of carbonyl (C=O) groups is 1. The van der Waals surface area contributed by atoms with E-state index in [1.807, 2.05) is 0 Å². The second-order valence-corrected chi connectivity index (χ2v) is 2.78. The van der Waals surface area contributed by atoms with Crippen molar-refractivity contribution in [2.75, 3.05) is 0 Å². The van der Waals surface area contributed by atoms with Crippen molar-refractivity contribution in [2.45, 2.75) is 13.3 Å². The topological polar surface area (TPSA) is 60.2 Å². The molecule has 5 heteroatoms. The van der Waals surface area contributed by atoms with E-state index in [2.05, 4.69) is 15.1 Å². The van der Waals surface area contributed by atoms with Crippen LogP contribution in [0.1, 0.15) is 12.6 Å². The van der Waals surface area contributed by atoms with Crippen LogP contribution in [0, 0.1) is 0 Å². The van der Waals surface area contributed by atoms with Crippen LogP contribution in [0.15, 0.2) is 18.6 Å². The molecule has 2 aromatic rings. The molecule has 0 unspecified atom stereocenters. The summed E-state index contributed by atoms with van der Waals surface area (Å²) in [7, 11) is 0. The molecule has 0 aliphatic heterocycles. The molecule has 0 fully saturated rings. The summed E-state index contributed by atoms with van der Waals surface area (Å²) < 4.78 is 1.57. The fourth-order valence-corrected chi connectivity index (χ4v) is 1.16. The molecule has 0 N–H and O–H groups in total. The number of ketones is 1. The molecule has 2 aromatic heterocycles. The zero-order valence-corrected chi connectivity index (χ0v) is 7.14. The van der Waals surface area contributed by atoms with Gasteiger partial charge >= 0.3 is 0 Å². The van der Waals surface area contributed by atoms with Crippen molar-refractivity contribution in [3.05, 3.63) is 24.3 Å². The van der Waals surface area contributed by atoms with Crippen LogP contribution >= 0.6 is 0 Å². The van der Waals surface area contributed by atoms with Gasteiger partial charge in [-0.25, -0.2) is 14.5 Å². The minimum absolute atomic E-state index is 0.0902. The van der Waals surface area contributed by atoms with Crippen molar-refractivity contribution >= 4 is 11.6 Å². The fourth-order valence-electron chi connectivity index (χ4n) is 1.16. The number of hydrogen-bond acceptors (Lipinski definition) is 4. The van der Waals surface area contributed by atoms with Crippen LogP contribution < -0.4 is 0 Å². The van der Waals surface area contributed by atoms with E-state index in [1.54, 1.807) is 23.1 Å². The van der Waals surface area contributed by atoms with Crippen molar-refractivity contribution in [2.24, 2.45) is 0 Å². The predicted molar refractivity (Wildman–Crippen MR) is 45.2 cm³/mol. The SMILES string of the molecule is CC(=O)Cc1cnc2nccnn12. The average molecular weight is 176 g/mol. The lowest BCUT2D eigenvalue weighted by molar-refractivity contribution is -0.116. The van der Waals surface area contributed by atoms with Crippen LogP contribution in [0.25, 0.3) is 5.78 Å². The lowest BCUT2D eigenvalue weighted by Gasteiger charge is -1.94. The predicted octanol–water partition coefficient (Wildman–Crippen LogP) is 0.256. The first kappa shape index (κ1) is 7.85. The Labute approximate surface area is 74.4 Å². The van der Waals surface area contributed by atoms with Crippen LogP contribution in [-0.2, 0) is 11.2 Å². The van der Waals surface area contributed by atoms with Crippen LogP contribution in [-0.4, -0.2) is 25.4 Å². The Hall–Kier alpha value is -1.78. The minimum atomic E-state index is 0.0902. The van der Waals surface area contributed by atoms with E-state index < -0.39 is 0 Å². The monoisotopic (exact) mass is 176 g/mol. The largest absolute Gasteiger partial charge is 0.300 e. The number of nitrogens with zero attached hydrogens (tertiary/aromatic N) is 4. The minimum Gasteiger partial charge on any atom is -0.300 e. The number of aromatic nitrogens is 4. The highest BCUT2D eigenvalue weighted by molar-refractivity contribution is 5.77.